The molecular formula is C69H112ClN13O30. The molecule has 0 bridgehead atoms. The van der Waals surface area contributed by atoms with Gasteiger partial charge in [-0.1, -0.05) is 112 Å². The summed E-state index contributed by atoms with van der Waals surface area (Å²) in [6.07, 6.45) is -7.24. The average Bonchev–Trinajstić information content (AvgIpc) is 0.840. The molecule has 1 rings (SSSR count). The van der Waals surface area contributed by atoms with Crippen molar-refractivity contribution in [1.29, 1.82) is 0 Å². The van der Waals surface area contributed by atoms with Crippen molar-refractivity contribution in [2.24, 2.45) is 23.5 Å². The summed E-state index contributed by atoms with van der Waals surface area (Å²) in [5.41, 5.74) is 4.78. The molecule has 0 radical (unpaired) electrons. The first-order chi connectivity index (χ1) is 53.3. The van der Waals surface area contributed by atoms with Gasteiger partial charge in [-0.25, -0.2) is 24.0 Å². The second kappa shape index (κ2) is 55.2. The van der Waals surface area contributed by atoms with Crippen molar-refractivity contribution in [3.8, 4) is 0 Å². The minimum atomic E-state index is -2.99. The summed E-state index contributed by atoms with van der Waals surface area (Å²) < 4.78 is 34.4. The van der Waals surface area contributed by atoms with Gasteiger partial charge in [0.15, 0.2) is 12.1 Å². The normalized spacial score (nSPS) is 20.8. The van der Waals surface area contributed by atoms with Crippen molar-refractivity contribution < 1.29 is 145 Å². The monoisotopic (exact) mass is 1640 g/mol. The van der Waals surface area contributed by atoms with E-state index in [9.17, 15) is 112 Å². The highest BCUT2D eigenvalue weighted by Gasteiger charge is 2.41. The number of amides is 13. The predicted octanol–water partition coefficient (Wildman–Crippen LogP) is -2.99. The molecule has 6 unspecified atom stereocenters. The number of aliphatic hydroxyl groups is 4. The number of carboxylic acid groups (broad SMARTS) is 1. The molecule has 1 heterocycles. The minimum absolute atomic E-state index is 0.0998. The number of aliphatic carboxylic acids is 1. The van der Waals surface area contributed by atoms with E-state index in [0.29, 0.717) is 12.8 Å². The maximum Gasteiger partial charge on any atom is 0.410 e. The van der Waals surface area contributed by atoms with Gasteiger partial charge in [0.05, 0.1) is 54.8 Å². The largest absolute Gasteiger partial charge is 0.479 e. The molecule has 0 aromatic rings. The average molecular weight is 1640 g/mol. The number of cyclic esters (lactones) is 1. The van der Waals surface area contributed by atoms with Crippen molar-refractivity contribution in [1.82, 2.24) is 63.8 Å². The van der Waals surface area contributed by atoms with E-state index >= 15 is 0 Å². The Balaban J connectivity index is 4.40. The number of unbranched alkanes of at least 4 members (excludes halogenated alkanes) is 9. The number of carbonyl (C=O) groups excluding carboxylic acids is 17. The summed E-state index contributed by atoms with van der Waals surface area (Å²) in [7, 11) is 0. The van der Waals surface area contributed by atoms with Gasteiger partial charge in [-0.3, -0.25) is 62.3 Å². The standard InChI is InChI=1S/C69H112ClN13O30/c1-10-12-13-14-15-16-17-18-19-22-40(85)29-49(88)75-46-32-107-66(103)51(47(86)31-70)82-54(90)41(11-2)76-60(96)50(39(9)84)81-57(93)44(25-28-74-69(106)113-35-110-65(102)38(7)8)79-61(97)52(53(89)62(98)99)83-56(92)42(23-20-21-26-72-67(104)111-33-108-63(100)36(3)4)77-58(94)45(30-48(71)87)80-55(91)43(78-59(46)95)24-27-73-68(105)112-34-109-64(101)37(5)6/h11,36-40,42-47,50-53,84-86,89H,10,12-35H2,1-9H3,(H2,71,87)(H,72,104)(H,73,105)(H,74,106)(H,75,88)(H,76,96)(H,77,94)(H,78,95)(H,79,97)(H,80,91)(H,81,93)(H,82,90)(H,83,92)(H,98,99)/b41-11+/t39-,40+,42?,43?,44-,45-,46?,47+,50?,51?,52?,53-/m0/s1. The van der Waals surface area contributed by atoms with Crippen LogP contribution in [0.2, 0.25) is 0 Å². The van der Waals surface area contributed by atoms with E-state index in [1.807, 2.05) is 5.32 Å². The van der Waals surface area contributed by atoms with Crippen LogP contribution >= 0.6 is 11.6 Å². The van der Waals surface area contributed by atoms with Gasteiger partial charge < -0.3 is 128 Å². The first-order valence-electron chi connectivity index (χ1n) is 36.9. The number of hydrogen-bond donors (Lipinski definition) is 18. The fraction of sp³-hybridized carbons (Fsp3) is 0.710. The zero-order valence-corrected chi connectivity index (χ0v) is 65.6. The number of nitrogens with two attached hydrogens (primary N) is 1. The molecular weight excluding hydrogens is 1530 g/mol. The second-order valence-corrected chi connectivity index (χ2v) is 27.2. The van der Waals surface area contributed by atoms with Crippen molar-refractivity contribution in [2.45, 2.75) is 244 Å². The van der Waals surface area contributed by atoms with Gasteiger partial charge >= 0.3 is 48.1 Å². The van der Waals surface area contributed by atoms with Gasteiger partial charge in [-0.15, -0.1) is 11.6 Å². The van der Waals surface area contributed by atoms with E-state index < -0.39 is 281 Å². The van der Waals surface area contributed by atoms with Gasteiger partial charge in [-0.05, 0) is 52.4 Å². The van der Waals surface area contributed by atoms with Gasteiger partial charge in [0.2, 0.25) is 73.5 Å². The number of rotatable bonds is 40. The molecule has 113 heavy (non-hydrogen) atoms. The number of carboxylic acids is 1. The molecule has 13 amide bonds. The van der Waals surface area contributed by atoms with Crippen molar-refractivity contribution in [2.75, 3.05) is 52.5 Å². The number of ether oxygens (including phenoxy) is 7. The van der Waals surface area contributed by atoms with Crippen LogP contribution in [0.5, 0.6) is 0 Å². The number of nitrogens with one attached hydrogen (secondary N) is 12. The molecule has 0 aromatic carbocycles. The van der Waals surface area contributed by atoms with E-state index in [2.05, 4.69) is 65.4 Å². The molecule has 12 atom stereocenters. The number of halogens is 1. The zero-order valence-electron chi connectivity index (χ0n) is 64.8. The molecule has 1 aliphatic rings. The van der Waals surface area contributed by atoms with Crippen molar-refractivity contribution in [3.05, 3.63) is 11.8 Å². The van der Waals surface area contributed by atoms with Crippen LogP contribution in [0, 0.1) is 17.8 Å². The van der Waals surface area contributed by atoms with Gasteiger partial charge in [-0.2, -0.15) is 0 Å². The highest BCUT2D eigenvalue weighted by atomic mass is 35.5. The molecule has 44 heteroatoms. The summed E-state index contributed by atoms with van der Waals surface area (Å²) in [5.74, 6) is -23.4. The number of alkyl halides is 1. The fourth-order valence-electron chi connectivity index (χ4n) is 9.80. The van der Waals surface area contributed by atoms with Crippen molar-refractivity contribution in [3.63, 3.8) is 0 Å². The Labute approximate surface area is 657 Å². The Morgan fingerprint density at radius 1 is 0.522 bits per heavy atom. The molecule has 1 saturated heterocycles. The summed E-state index contributed by atoms with van der Waals surface area (Å²) in [4.78, 5) is 243. The van der Waals surface area contributed by atoms with E-state index in [4.69, 9.17) is 50.5 Å². The number of hydrogen-bond acceptors (Lipinski definition) is 29. The zero-order chi connectivity index (χ0) is 85.4. The lowest BCUT2D eigenvalue weighted by atomic mass is 10.0. The molecule has 43 nitrogen and oxygen atoms in total. The first kappa shape index (κ1) is 101. The highest BCUT2D eigenvalue weighted by Crippen LogP contribution is 2.15. The molecule has 1 fully saturated rings. The fourth-order valence-corrected chi connectivity index (χ4v) is 9.98. The Morgan fingerprint density at radius 3 is 1.42 bits per heavy atom. The Kier molecular flexibility index (Phi) is 49.2. The number of allylic oxidation sites excluding steroid dienone is 1. The molecule has 0 aliphatic carbocycles. The lowest BCUT2D eigenvalue weighted by molar-refractivity contribution is -0.156. The van der Waals surface area contributed by atoms with Crippen LogP contribution in [0.25, 0.3) is 0 Å². The first-order valence-corrected chi connectivity index (χ1v) is 37.4. The molecule has 19 N–H and O–H groups in total. The molecule has 0 saturated carbocycles. The van der Waals surface area contributed by atoms with Crippen LogP contribution < -0.4 is 69.5 Å². The predicted molar refractivity (Wildman–Crippen MR) is 391 cm³/mol. The quantitative estimate of drug-likeness (QED) is 0.00727. The molecule has 0 aromatic heterocycles. The third-order valence-corrected chi connectivity index (χ3v) is 16.6. The molecule has 0 spiro atoms. The Hall–Kier alpha value is -10.3. The lowest BCUT2D eigenvalue weighted by Gasteiger charge is -2.29. The van der Waals surface area contributed by atoms with Gasteiger partial charge in [0.25, 0.3) is 5.91 Å². The minimum Gasteiger partial charge on any atom is -0.479 e. The van der Waals surface area contributed by atoms with Gasteiger partial charge in [0, 0.05) is 19.6 Å². The van der Waals surface area contributed by atoms with E-state index in [0.717, 1.165) is 64.9 Å². The maximum atomic E-state index is 14.7. The van der Waals surface area contributed by atoms with Crippen LogP contribution in [0.1, 0.15) is 171 Å². The van der Waals surface area contributed by atoms with Crippen LogP contribution in [0.15, 0.2) is 11.8 Å². The van der Waals surface area contributed by atoms with Crippen LogP contribution in [-0.2, 0) is 105 Å². The molecule has 1 aliphatic heterocycles. The Bertz CT molecular complexity index is 3220. The van der Waals surface area contributed by atoms with Gasteiger partial charge in [0.1, 0.15) is 54.6 Å². The summed E-state index contributed by atoms with van der Waals surface area (Å²) in [6, 6.07) is -17.9. The van der Waals surface area contributed by atoms with E-state index in [1.54, 1.807) is 0 Å². The SMILES string of the molecule is C/C=C1/NC(=O)C([C@H](C)O)NC(=O)[C@H](CCNC(=O)OCOC(=O)C(C)C)NC(=O)C([C@H](O)C(=O)O)NC(=O)C(CCCCNC(=O)OCOC(=O)C(C)C)NC(=O)[C@H](CC(N)=O)NC(=O)C(CCNC(=O)OCOC(=O)C(C)C)NC(=O)C(NC(=O)C[C@H](O)CCCCCCCCCCC)COC(=O)C([C@H](O)CCl)NC1=O. The maximum absolute atomic E-state index is 14.7. The second-order valence-electron chi connectivity index (χ2n) is 26.9. The van der Waals surface area contributed by atoms with Crippen LogP contribution in [0.3, 0.4) is 0 Å². The topological polar surface area (TPSA) is 643 Å². The third kappa shape index (κ3) is 41.7. The smallest absolute Gasteiger partial charge is 0.410 e. The highest BCUT2D eigenvalue weighted by molar-refractivity contribution is 6.18. The number of esters is 4. The lowest BCUT2D eigenvalue weighted by Crippen LogP contribution is -2.63. The third-order valence-electron chi connectivity index (χ3n) is 16.3. The summed E-state index contributed by atoms with van der Waals surface area (Å²) >= 11 is 5.98. The van der Waals surface area contributed by atoms with E-state index in [1.165, 1.54) is 41.5 Å². The van der Waals surface area contributed by atoms with Crippen molar-refractivity contribution >= 4 is 119 Å². The molecule has 640 valence electrons. The van der Waals surface area contributed by atoms with E-state index in [-0.39, 0.29) is 25.8 Å². The van der Waals surface area contributed by atoms with Crippen LogP contribution in [-0.4, -0.2) is 258 Å². The number of carbonyl (C=O) groups is 18. The number of primary amides is 1. The number of alkyl carbamates (subject to hydrolysis) is 3. The summed E-state index contributed by atoms with van der Waals surface area (Å²) in [5, 5.41) is 80.3. The number of aliphatic hydroxyl groups excluding tert-OH is 4. The van der Waals surface area contributed by atoms with Crippen LogP contribution in [0.4, 0.5) is 14.4 Å². The summed E-state index contributed by atoms with van der Waals surface area (Å²) in [6.45, 7) is 7.53. The Morgan fingerprint density at radius 2 is 0.956 bits per heavy atom.